The van der Waals surface area contributed by atoms with E-state index in [0.717, 1.165) is 18.5 Å². The Kier molecular flexibility index (Phi) is 5.24. The monoisotopic (exact) mass is 358 g/mol. The summed E-state index contributed by atoms with van der Waals surface area (Å²) < 4.78 is 4.71. The van der Waals surface area contributed by atoms with E-state index < -0.39 is 5.97 Å². The summed E-state index contributed by atoms with van der Waals surface area (Å²) in [6, 6.07) is 12.7. The van der Waals surface area contributed by atoms with Crippen LogP contribution in [-0.2, 0) is 16.0 Å². The van der Waals surface area contributed by atoms with Crippen LogP contribution in [0.15, 0.2) is 42.5 Å². The smallest absolute Gasteiger partial charge is 0.337 e. The average molecular weight is 359 g/mol. The van der Waals surface area contributed by atoms with Crippen LogP contribution < -0.4 is 10.2 Å². The van der Waals surface area contributed by atoms with Gasteiger partial charge in [-0.05, 0) is 42.7 Å². The van der Waals surface area contributed by atoms with E-state index >= 15 is 0 Å². The van der Waals surface area contributed by atoms with Crippen LogP contribution in [0.4, 0.5) is 11.4 Å². The molecule has 0 unspecified atom stereocenters. The number of anilines is 2. The lowest BCUT2D eigenvalue weighted by Gasteiger charge is -2.29. The summed E-state index contributed by atoms with van der Waals surface area (Å²) in [4.78, 5) is 26.1. The van der Waals surface area contributed by atoms with E-state index in [0.29, 0.717) is 22.8 Å². The highest BCUT2D eigenvalue weighted by Crippen LogP contribution is 2.27. The van der Waals surface area contributed by atoms with Gasteiger partial charge in [0.15, 0.2) is 0 Å². The third kappa shape index (κ3) is 3.77. The van der Waals surface area contributed by atoms with Crippen molar-refractivity contribution < 1.29 is 14.3 Å². The molecule has 25 heavy (non-hydrogen) atoms. The second-order valence-corrected chi connectivity index (χ2v) is 6.22. The molecule has 1 aliphatic heterocycles. The predicted octanol–water partition coefficient (Wildman–Crippen LogP) is 3.52. The van der Waals surface area contributed by atoms with Crippen LogP contribution in [0, 0.1) is 0 Å². The van der Waals surface area contributed by atoms with E-state index in [1.165, 1.54) is 12.7 Å². The molecule has 1 amide bonds. The summed E-state index contributed by atoms with van der Waals surface area (Å²) >= 11 is 6.15. The second-order valence-electron chi connectivity index (χ2n) is 5.82. The van der Waals surface area contributed by atoms with Crippen molar-refractivity contribution in [1.29, 1.82) is 0 Å². The van der Waals surface area contributed by atoms with E-state index in [9.17, 15) is 9.59 Å². The average Bonchev–Trinajstić information content (AvgIpc) is 2.66. The zero-order chi connectivity index (χ0) is 17.8. The molecule has 0 aromatic heterocycles. The third-order valence-corrected chi connectivity index (χ3v) is 4.56. The van der Waals surface area contributed by atoms with Gasteiger partial charge < -0.3 is 15.0 Å². The number of ether oxygens (including phenoxy) is 1. The number of methoxy groups -OCH3 is 1. The van der Waals surface area contributed by atoms with Gasteiger partial charge in [0.05, 0.1) is 29.9 Å². The molecule has 5 nitrogen and oxygen atoms in total. The molecule has 130 valence electrons. The summed E-state index contributed by atoms with van der Waals surface area (Å²) in [6.07, 6.45) is 1.93. The number of benzene rings is 2. The summed E-state index contributed by atoms with van der Waals surface area (Å²) in [5, 5.41) is 3.47. The largest absolute Gasteiger partial charge is 0.465 e. The Labute approximate surface area is 151 Å². The number of esters is 1. The van der Waals surface area contributed by atoms with Gasteiger partial charge in [0.25, 0.3) is 0 Å². The first kappa shape index (κ1) is 17.3. The van der Waals surface area contributed by atoms with Gasteiger partial charge in [-0.3, -0.25) is 4.79 Å². The molecule has 0 saturated heterocycles. The number of carbonyl (C=O) groups excluding carboxylic acids is 2. The van der Waals surface area contributed by atoms with Crippen molar-refractivity contribution in [1.82, 2.24) is 0 Å². The number of halogens is 1. The van der Waals surface area contributed by atoms with Gasteiger partial charge in [-0.1, -0.05) is 29.8 Å². The van der Waals surface area contributed by atoms with Gasteiger partial charge in [0.1, 0.15) is 0 Å². The molecule has 0 radical (unpaired) electrons. The maximum Gasteiger partial charge on any atom is 0.337 e. The lowest BCUT2D eigenvalue weighted by molar-refractivity contribution is -0.117. The molecule has 1 aliphatic rings. The minimum Gasteiger partial charge on any atom is -0.465 e. The zero-order valence-electron chi connectivity index (χ0n) is 13.9. The maximum absolute atomic E-state index is 12.6. The molecular formula is C19H19ClN2O3. The normalized spacial score (nSPS) is 13.1. The molecule has 1 N–H and O–H groups in total. The molecule has 2 aromatic rings. The molecule has 6 heteroatoms. The standard InChI is InChI=1S/C19H19ClN2O3/c1-25-19(24)14-8-9-15(20)16(11-14)21-12-18(23)22-10-4-6-13-5-2-3-7-17(13)22/h2-3,5,7-9,11,21H,4,6,10,12H2,1H3. The fraction of sp³-hybridized carbons (Fsp3) is 0.263. The fourth-order valence-electron chi connectivity index (χ4n) is 2.96. The summed E-state index contributed by atoms with van der Waals surface area (Å²) in [5.74, 6) is -0.484. The Balaban J connectivity index is 1.72. The van der Waals surface area contributed by atoms with E-state index in [1.54, 1.807) is 23.1 Å². The molecule has 2 aromatic carbocycles. The minimum absolute atomic E-state index is 0.0355. The number of fused-ring (bicyclic) bond motifs is 1. The number of carbonyl (C=O) groups is 2. The highest BCUT2D eigenvalue weighted by molar-refractivity contribution is 6.33. The Hall–Kier alpha value is -2.53. The Morgan fingerprint density at radius 2 is 2.04 bits per heavy atom. The van der Waals surface area contributed by atoms with Crippen LogP contribution in [0.3, 0.4) is 0 Å². The van der Waals surface area contributed by atoms with E-state index in [2.05, 4.69) is 11.4 Å². The van der Waals surface area contributed by atoms with Gasteiger partial charge in [-0.25, -0.2) is 4.79 Å². The lowest BCUT2D eigenvalue weighted by atomic mass is 10.0. The topological polar surface area (TPSA) is 58.6 Å². The van der Waals surface area contributed by atoms with Gasteiger partial charge in [0.2, 0.25) is 5.91 Å². The lowest BCUT2D eigenvalue weighted by Crippen LogP contribution is -2.39. The molecule has 3 rings (SSSR count). The quantitative estimate of drug-likeness (QED) is 0.849. The molecule has 0 spiro atoms. The van der Waals surface area contributed by atoms with Gasteiger partial charge >= 0.3 is 5.97 Å². The molecular weight excluding hydrogens is 340 g/mol. The molecule has 0 aliphatic carbocycles. The Morgan fingerprint density at radius 3 is 2.84 bits per heavy atom. The summed E-state index contributed by atoms with van der Waals surface area (Å²) in [5.41, 5.74) is 3.07. The van der Waals surface area contributed by atoms with Gasteiger partial charge in [0, 0.05) is 12.2 Å². The van der Waals surface area contributed by atoms with Crippen molar-refractivity contribution in [3.63, 3.8) is 0 Å². The van der Waals surface area contributed by atoms with Crippen molar-refractivity contribution in [3.05, 3.63) is 58.6 Å². The molecule has 1 heterocycles. The van der Waals surface area contributed by atoms with Crippen LogP contribution in [0.25, 0.3) is 0 Å². The summed E-state index contributed by atoms with van der Waals surface area (Å²) in [7, 11) is 1.32. The molecule has 0 saturated carbocycles. The first-order valence-corrected chi connectivity index (χ1v) is 8.48. The van der Waals surface area contributed by atoms with Crippen LogP contribution in [0.1, 0.15) is 22.3 Å². The number of hydrogen-bond donors (Lipinski definition) is 1. The van der Waals surface area contributed by atoms with Crippen LogP contribution in [0.2, 0.25) is 5.02 Å². The van der Waals surface area contributed by atoms with Crippen LogP contribution in [-0.4, -0.2) is 32.1 Å². The van der Waals surface area contributed by atoms with E-state index in [1.807, 2.05) is 18.2 Å². The zero-order valence-corrected chi connectivity index (χ0v) is 14.7. The van der Waals surface area contributed by atoms with Crippen LogP contribution >= 0.6 is 11.6 Å². The highest BCUT2D eigenvalue weighted by atomic mass is 35.5. The van der Waals surface area contributed by atoms with E-state index in [-0.39, 0.29) is 12.5 Å². The predicted molar refractivity (Wildman–Crippen MR) is 98.4 cm³/mol. The fourth-order valence-corrected chi connectivity index (χ4v) is 3.15. The number of hydrogen-bond acceptors (Lipinski definition) is 4. The Morgan fingerprint density at radius 1 is 1.24 bits per heavy atom. The van der Waals surface area contributed by atoms with Crippen LogP contribution in [0.5, 0.6) is 0 Å². The Bertz CT molecular complexity index is 807. The van der Waals surface area contributed by atoms with Crippen molar-refractivity contribution in [3.8, 4) is 0 Å². The van der Waals surface area contributed by atoms with Gasteiger partial charge in [-0.2, -0.15) is 0 Å². The van der Waals surface area contributed by atoms with Crippen molar-refractivity contribution in [2.75, 3.05) is 30.4 Å². The minimum atomic E-state index is -0.448. The third-order valence-electron chi connectivity index (χ3n) is 4.23. The number of rotatable bonds is 4. The van der Waals surface area contributed by atoms with Crippen molar-refractivity contribution in [2.24, 2.45) is 0 Å². The van der Waals surface area contributed by atoms with Crippen molar-refractivity contribution in [2.45, 2.75) is 12.8 Å². The number of nitrogens with one attached hydrogen (secondary N) is 1. The highest BCUT2D eigenvalue weighted by Gasteiger charge is 2.22. The molecule has 0 fully saturated rings. The number of nitrogens with zero attached hydrogens (tertiary/aromatic N) is 1. The summed E-state index contributed by atoms with van der Waals surface area (Å²) in [6.45, 7) is 0.798. The number of amides is 1. The van der Waals surface area contributed by atoms with Crippen molar-refractivity contribution >= 4 is 34.9 Å². The van der Waals surface area contributed by atoms with E-state index in [4.69, 9.17) is 16.3 Å². The SMILES string of the molecule is COC(=O)c1ccc(Cl)c(NCC(=O)N2CCCc3ccccc32)c1. The molecule has 0 bridgehead atoms. The number of aryl methyl sites for hydroxylation is 1. The number of para-hydroxylation sites is 1. The second kappa shape index (κ2) is 7.57. The first-order valence-electron chi connectivity index (χ1n) is 8.10. The van der Waals surface area contributed by atoms with Gasteiger partial charge in [-0.15, -0.1) is 0 Å². The maximum atomic E-state index is 12.6. The first-order chi connectivity index (χ1) is 12.1. The molecule has 0 atom stereocenters.